The number of nitrogens with one attached hydrogen (secondary N) is 1. The number of hydrogen-bond acceptors (Lipinski definition) is 6. The van der Waals surface area contributed by atoms with E-state index in [2.05, 4.69) is 11.9 Å². The van der Waals surface area contributed by atoms with E-state index in [-0.39, 0.29) is 32.1 Å². The van der Waals surface area contributed by atoms with Crippen molar-refractivity contribution in [2.75, 3.05) is 26.4 Å². The zero-order valence-electron chi connectivity index (χ0n) is 13.6. The fraction of sp³-hybridized carbons (Fsp3) is 0.222. The van der Waals surface area contributed by atoms with E-state index in [1.807, 2.05) is 0 Å². The fourth-order valence-corrected chi connectivity index (χ4v) is 2.08. The highest BCUT2D eigenvalue weighted by atomic mass is 16.6. The number of carbonyl (C=O) groups is 2. The average Bonchev–Trinajstić information content (AvgIpc) is 2.61. The molecule has 0 heterocycles. The number of amides is 1. The van der Waals surface area contributed by atoms with Crippen molar-refractivity contribution < 1.29 is 28.9 Å². The first-order valence-electron chi connectivity index (χ1n) is 7.65. The van der Waals surface area contributed by atoms with Crippen LogP contribution in [0.3, 0.4) is 0 Å². The first-order chi connectivity index (χ1) is 12.1. The molecule has 0 radical (unpaired) electrons. The summed E-state index contributed by atoms with van der Waals surface area (Å²) >= 11 is 0. The van der Waals surface area contributed by atoms with E-state index >= 15 is 0 Å². The molecule has 1 amide bonds. The van der Waals surface area contributed by atoms with Crippen LogP contribution in [0, 0.1) is 0 Å². The molecule has 0 aliphatic heterocycles. The van der Waals surface area contributed by atoms with E-state index in [0.29, 0.717) is 16.5 Å². The minimum Gasteiger partial charge on any atom is -0.507 e. The predicted octanol–water partition coefficient (Wildman–Crippen LogP) is 2.38. The Morgan fingerprint density at radius 3 is 2.64 bits per heavy atom. The Morgan fingerprint density at radius 1 is 1.08 bits per heavy atom. The molecule has 2 aromatic rings. The van der Waals surface area contributed by atoms with Crippen LogP contribution in [0.4, 0.5) is 4.79 Å². The maximum atomic E-state index is 11.8. The van der Waals surface area contributed by atoms with Gasteiger partial charge in [0.15, 0.2) is 0 Å². The molecule has 2 rings (SSSR count). The highest BCUT2D eigenvalue weighted by molar-refractivity contribution is 5.94. The molecule has 25 heavy (non-hydrogen) atoms. The Kier molecular flexibility index (Phi) is 6.79. The van der Waals surface area contributed by atoms with Crippen LogP contribution in [0.15, 0.2) is 49.1 Å². The van der Waals surface area contributed by atoms with Crippen molar-refractivity contribution in [1.82, 2.24) is 5.32 Å². The van der Waals surface area contributed by atoms with Crippen molar-refractivity contribution in [3.05, 3.63) is 49.1 Å². The lowest BCUT2D eigenvalue weighted by Crippen LogP contribution is -2.30. The van der Waals surface area contributed by atoms with Gasteiger partial charge in [-0.2, -0.15) is 0 Å². The van der Waals surface area contributed by atoms with E-state index in [9.17, 15) is 14.7 Å². The number of phenols is 1. The number of ether oxygens (including phenoxy) is 3. The standard InChI is InChI=1S/C18H19NO6/c1-2-17(21)24-12-11-23-10-9-19-18(22)25-16-8-4-5-13-14(16)6-3-7-15(13)20/h2-8,20H,1,9-12H2,(H,19,22). The minimum absolute atomic E-state index is 0.119. The van der Waals surface area contributed by atoms with Gasteiger partial charge in [0.25, 0.3) is 0 Å². The van der Waals surface area contributed by atoms with Crippen molar-refractivity contribution >= 4 is 22.8 Å². The summed E-state index contributed by atoms with van der Waals surface area (Å²) in [5.74, 6) is -0.0384. The summed E-state index contributed by atoms with van der Waals surface area (Å²) in [7, 11) is 0. The molecule has 0 fully saturated rings. The van der Waals surface area contributed by atoms with Crippen molar-refractivity contribution in [1.29, 1.82) is 0 Å². The lowest BCUT2D eigenvalue weighted by molar-refractivity contribution is -0.139. The number of rotatable bonds is 8. The largest absolute Gasteiger partial charge is 0.507 e. The van der Waals surface area contributed by atoms with Crippen LogP contribution in [0.2, 0.25) is 0 Å². The van der Waals surface area contributed by atoms with E-state index in [4.69, 9.17) is 14.2 Å². The van der Waals surface area contributed by atoms with Gasteiger partial charge in [-0.25, -0.2) is 9.59 Å². The van der Waals surface area contributed by atoms with Crippen LogP contribution in [0.1, 0.15) is 0 Å². The normalized spacial score (nSPS) is 10.2. The number of benzene rings is 2. The third kappa shape index (κ3) is 5.50. The van der Waals surface area contributed by atoms with Gasteiger partial charge in [0.2, 0.25) is 0 Å². The molecule has 0 aromatic heterocycles. The summed E-state index contributed by atoms with van der Waals surface area (Å²) in [5.41, 5.74) is 0. The predicted molar refractivity (Wildman–Crippen MR) is 91.6 cm³/mol. The van der Waals surface area contributed by atoms with Crippen molar-refractivity contribution in [3.63, 3.8) is 0 Å². The van der Waals surface area contributed by atoms with Crippen LogP contribution in [0.5, 0.6) is 11.5 Å². The number of esters is 1. The number of phenolic OH excluding ortho intramolecular Hbond substituents is 1. The third-order valence-electron chi connectivity index (χ3n) is 3.22. The summed E-state index contributed by atoms with van der Waals surface area (Å²) in [6, 6.07) is 10.1. The van der Waals surface area contributed by atoms with Crippen molar-refractivity contribution in [2.24, 2.45) is 0 Å². The van der Waals surface area contributed by atoms with E-state index < -0.39 is 12.1 Å². The van der Waals surface area contributed by atoms with Gasteiger partial charge >= 0.3 is 12.1 Å². The van der Waals surface area contributed by atoms with Gasteiger partial charge in [-0.15, -0.1) is 0 Å². The highest BCUT2D eigenvalue weighted by Crippen LogP contribution is 2.31. The summed E-state index contributed by atoms with van der Waals surface area (Å²) in [6.07, 6.45) is 0.447. The summed E-state index contributed by atoms with van der Waals surface area (Å²) in [4.78, 5) is 22.6. The SMILES string of the molecule is C=CC(=O)OCCOCCNC(=O)Oc1cccc2c(O)cccc12. The van der Waals surface area contributed by atoms with Crippen LogP contribution in [-0.4, -0.2) is 43.5 Å². The highest BCUT2D eigenvalue weighted by Gasteiger charge is 2.09. The number of hydrogen-bond donors (Lipinski definition) is 2. The Morgan fingerprint density at radius 2 is 1.84 bits per heavy atom. The Balaban J connectivity index is 1.73. The van der Waals surface area contributed by atoms with Gasteiger partial charge in [0.05, 0.1) is 13.2 Å². The second kappa shape index (κ2) is 9.29. The fourth-order valence-electron chi connectivity index (χ4n) is 2.08. The first kappa shape index (κ1) is 18.3. The van der Waals surface area contributed by atoms with Crippen LogP contribution in [0.25, 0.3) is 10.8 Å². The van der Waals surface area contributed by atoms with E-state index in [1.54, 1.807) is 36.4 Å². The van der Waals surface area contributed by atoms with Crippen LogP contribution >= 0.6 is 0 Å². The molecule has 7 nitrogen and oxygen atoms in total. The minimum atomic E-state index is -0.627. The van der Waals surface area contributed by atoms with Gasteiger partial charge in [-0.05, 0) is 12.1 Å². The quantitative estimate of drug-likeness (QED) is 0.433. The van der Waals surface area contributed by atoms with E-state index in [0.717, 1.165) is 6.08 Å². The molecule has 0 saturated carbocycles. The summed E-state index contributed by atoms with van der Waals surface area (Å²) in [5, 5.41) is 13.6. The molecule has 0 aliphatic carbocycles. The van der Waals surface area contributed by atoms with Crippen LogP contribution in [-0.2, 0) is 14.3 Å². The van der Waals surface area contributed by atoms with Gasteiger partial charge in [0, 0.05) is 23.4 Å². The summed E-state index contributed by atoms with van der Waals surface area (Å²) < 4.78 is 15.2. The van der Waals surface area contributed by atoms with Crippen molar-refractivity contribution in [3.8, 4) is 11.5 Å². The Hall–Kier alpha value is -3.06. The molecule has 0 saturated heterocycles. The van der Waals surface area contributed by atoms with E-state index in [1.165, 1.54) is 0 Å². The Bertz CT molecular complexity index is 758. The zero-order valence-corrected chi connectivity index (χ0v) is 13.6. The molecule has 2 N–H and O–H groups in total. The molecule has 7 heteroatoms. The molecular formula is C18H19NO6. The molecule has 0 aliphatic rings. The Labute approximate surface area is 144 Å². The smallest absolute Gasteiger partial charge is 0.412 e. The van der Waals surface area contributed by atoms with Gasteiger partial charge in [0.1, 0.15) is 18.1 Å². The second-order valence-electron chi connectivity index (χ2n) is 4.93. The monoisotopic (exact) mass is 345 g/mol. The zero-order chi connectivity index (χ0) is 18.1. The van der Waals surface area contributed by atoms with Gasteiger partial charge < -0.3 is 24.6 Å². The second-order valence-corrected chi connectivity index (χ2v) is 4.93. The van der Waals surface area contributed by atoms with Gasteiger partial charge in [-0.1, -0.05) is 30.8 Å². The van der Waals surface area contributed by atoms with Crippen molar-refractivity contribution in [2.45, 2.75) is 0 Å². The lowest BCUT2D eigenvalue weighted by atomic mass is 10.1. The molecule has 0 atom stereocenters. The number of fused-ring (bicyclic) bond motifs is 1. The first-order valence-corrected chi connectivity index (χ1v) is 7.65. The maximum absolute atomic E-state index is 11.8. The molecule has 0 spiro atoms. The number of aromatic hydroxyl groups is 1. The van der Waals surface area contributed by atoms with Gasteiger partial charge in [-0.3, -0.25) is 0 Å². The molecule has 132 valence electrons. The maximum Gasteiger partial charge on any atom is 0.412 e. The lowest BCUT2D eigenvalue weighted by Gasteiger charge is -2.10. The molecule has 0 bridgehead atoms. The van der Waals surface area contributed by atoms with Crippen LogP contribution < -0.4 is 10.1 Å². The molecular weight excluding hydrogens is 326 g/mol. The number of carbonyl (C=O) groups excluding carboxylic acids is 2. The summed E-state index contributed by atoms with van der Waals surface area (Å²) in [6.45, 7) is 4.10. The topological polar surface area (TPSA) is 94.1 Å². The third-order valence-corrected chi connectivity index (χ3v) is 3.22. The molecule has 2 aromatic carbocycles. The average molecular weight is 345 g/mol. The molecule has 0 unspecified atom stereocenters.